The minimum atomic E-state index is -0.638. The third-order valence-corrected chi connectivity index (χ3v) is 5.70. The van der Waals surface area contributed by atoms with E-state index in [0.717, 1.165) is 17.7 Å². The van der Waals surface area contributed by atoms with Gasteiger partial charge in [0.2, 0.25) is 0 Å². The highest BCUT2D eigenvalue weighted by atomic mass is 32.2. The number of amides is 3. The van der Waals surface area contributed by atoms with Gasteiger partial charge in [0, 0.05) is 10.6 Å². The molecule has 0 bridgehead atoms. The molecule has 106 valence electrons. The highest BCUT2D eigenvalue weighted by Crippen LogP contribution is 2.34. The number of thioether (sulfide) groups is 2. The summed E-state index contributed by atoms with van der Waals surface area (Å²) in [5.74, 6) is 1.56. The molecule has 4 nitrogen and oxygen atoms in total. The molecule has 3 rings (SSSR count). The number of carbonyl (C=O) groups is 2. The van der Waals surface area contributed by atoms with Gasteiger partial charge in [-0.25, -0.2) is 4.79 Å². The molecule has 2 aliphatic heterocycles. The van der Waals surface area contributed by atoms with E-state index in [1.165, 1.54) is 9.80 Å². The van der Waals surface area contributed by atoms with E-state index in [-0.39, 0.29) is 11.9 Å². The quantitative estimate of drug-likeness (QED) is 0.688. The minimum Gasteiger partial charge on any atom is -0.322 e. The second-order valence-corrected chi connectivity index (χ2v) is 7.04. The van der Waals surface area contributed by atoms with Crippen molar-refractivity contribution in [3.8, 4) is 0 Å². The molecule has 1 aromatic rings. The van der Waals surface area contributed by atoms with Gasteiger partial charge in [-0.05, 0) is 36.1 Å². The second kappa shape index (κ2) is 5.33. The Bertz CT molecular complexity index is 539. The average Bonchev–Trinajstić information content (AvgIpc) is 3.01. The van der Waals surface area contributed by atoms with Crippen LogP contribution in [-0.2, 0) is 11.3 Å². The molecule has 3 amide bonds. The topological polar surface area (TPSA) is 49.4 Å². The first-order chi connectivity index (χ1) is 9.64. The first kappa shape index (κ1) is 13.8. The SMILES string of the molecule is CSc1ccc(CN2C(=O)NC3(CCSC3)C2=O)cc1. The van der Waals surface area contributed by atoms with Crippen LogP contribution in [0.15, 0.2) is 29.2 Å². The number of nitrogens with one attached hydrogen (secondary N) is 1. The largest absolute Gasteiger partial charge is 0.325 e. The highest BCUT2D eigenvalue weighted by molar-refractivity contribution is 7.99. The fraction of sp³-hybridized carbons (Fsp3) is 0.429. The van der Waals surface area contributed by atoms with Crippen molar-refractivity contribution in [3.63, 3.8) is 0 Å². The molecule has 1 atom stereocenters. The fourth-order valence-electron chi connectivity index (χ4n) is 2.57. The summed E-state index contributed by atoms with van der Waals surface area (Å²) >= 11 is 3.40. The van der Waals surface area contributed by atoms with E-state index in [2.05, 4.69) is 5.32 Å². The lowest BCUT2D eigenvalue weighted by atomic mass is 9.99. The summed E-state index contributed by atoms with van der Waals surface area (Å²) in [7, 11) is 0. The van der Waals surface area contributed by atoms with Gasteiger partial charge < -0.3 is 5.32 Å². The van der Waals surface area contributed by atoms with E-state index < -0.39 is 5.54 Å². The molecular formula is C14H16N2O2S2. The lowest BCUT2D eigenvalue weighted by Crippen LogP contribution is -2.46. The normalized spacial score (nSPS) is 25.6. The molecule has 2 fully saturated rings. The van der Waals surface area contributed by atoms with Gasteiger partial charge in [-0.2, -0.15) is 11.8 Å². The lowest BCUT2D eigenvalue weighted by molar-refractivity contribution is -0.130. The molecule has 0 aliphatic carbocycles. The van der Waals surface area contributed by atoms with Crippen LogP contribution in [0.2, 0.25) is 0 Å². The maximum absolute atomic E-state index is 12.5. The number of imide groups is 1. The first-order valence-corrected chi connectivity index (χ1v) is 8.87. The Balaban J connectivity index is 1.76. The monoisotopic (exact) mass is 308 g/mol. The predicted molar refractivity (Wildman–Crippen MR) is 82.0 cm³/mol. The Morgan fingerprint density at radius 1 is 1.35 bits per heavy atom. The van der Waals surface area contributed by atoms with E-state index in [9.17, 15) is 9.59 Å². The molecule has 1 aromatic carbocycles. The molecule has 2 aliphatic rings. The Morgan fingerprint density at radius 3 is 2.70 bits per heavy atom. The molecule has 2 heterocycles. The van der Waals surface area contributed by atoms with Gasteiger partial charge in [0.05, 0.1) is 6.54 Å². The number of urea groups is 1. The summed E-state index contributed by atoms with van der Waals surface area (Å²) in [6, 6.07) is 7.72. The second-order valence-electron chi connectivity index (χ2n) is 5.05. The van der Waals surface area contributed by atoms with E-state index in [1.807, 2.05) is 30.5 Å². The van der Waals surface area contributed by atoms with Crippen LogP contribution in [-0.4, -0.2) is 40.1 Å². The molecule has 1 N–H and O–H groups in total. The fourth-order valence-corrected chi connectivity index (χ4v) is 4.30. The van der Waals surface area contributed by atoms with Crippen LogP contribution in [0.4, 0.5) is 4.79 Å². The molecule has 6 heteroatoms. The Hall–Kier alpha value is -1.14. The van der Waals surface area contributed by atoms with Crippen molar-refractivity contribution in [1.29, 1.82) is 0 Å². The lowest BCUT2D eigenvalue weighted by Gasteiger charge is -2.19. The molecular weight excluding hydrogens is 292 g/mol. The molecule has 1 spiro atoms. The van der Waals surface area contributed by atoms with Gasteiger partial charge >= 0.3 is 6.03 Å². The zero-order valence-electron chi connectivity index (χ0n) is 11.2. The van der Waals surface area contributed by atoms with Crippen molar-refractivity contribution in [3.05, 3.63) is 29.8 Å². The van der Waals surface area contributed by atoms with Crippen LogP contribution in [0.1, 0.15) is 12.0 Å². The Kier molecular flexibility index (Phi) is 3.69. The van der Waals surface area contributed by atoms with Crippen LogP contribution in [0.25, 0.3) is 0 Å². The van der Waals surface area contributed by atoms with E-state index in [4.69, 9.17) is 0 Å². The van der Waals surface area contributed by atoms with Crippen LogP contribution in [0, 0.1) is 0 Å². The van der Waals surface area contributed by atoms with Crippen molar-refractivity contribution >= 4 is 35.5 Å². The van der Waals surface area contributed by atoms with Gasteiger partial charge in [0.25, 0.3) is 5.91 Å². The van der Waals surface area contributed by atoms with Gasteiger partial charge in [0.15, 0.2) is 0 Å². The van der Waals surface area contributed by atoms with Crippen LogP contribution in [0.5, 0.6) is 0 Å². The Labute approximate surface area is 126 Å². The molecule has 0 radical (unpaired) electrons. The van der Waals surface area contributed by atoms with E-state index >= 15 is 0 Å². The van der Waals surface area contributed by atoms with Crippen LogP contribution in [0.3, 0.4) is 0 Å². The van der Waals surface area contributed by atoms with Crippen molar-refractivity contribution in [2.45, 2.75) is 23.4 Å². The zero-order chi connectivity index (χ0) is 14.2. The summed E-state index contributed by atoms with van der Waals surface area (Å²) in [6.07, 6.45) is 2.76. The number of carbonyl (C=O) groups excluding carboxylic acids is 2. The van der Waals surface area contributed by atoms with Gasteiger partial charge in [-0.1, -0.05) is 12.1 Å². The van der Waals surface area contributed by atoms with Gasteiger partial charge in [0.1, 0.15) is 5.54 Å². The van der Waals surface area contributed by atoms with Crippen molar-refractivity contribution in [2.75, 3.05) is 17.8 Å². The number of hydrogen-bond acceptors (Lipinski definition) is 4. The summed E-state index contributed by atoms with van der Waals surface area (Å²) in [4.78, 5) is 27.1. The molecule has 1 unspecified atom stereocenters. The van der Waals surface area contributed by atoms with Crippen molar-refractivity contribution in [2.24, 2.45) is 0 Å². The van der Waals surface area contributed by atoms with Crippen molar-refractivity contribution in [1.82, 2.24) is 10.2 Å². The molecule has 2 saturated heterocycles. The van der Waals surface area contributed by atoms with Crippen LogP contribution >= 0.6 is 23.5 Å². The van der Waals surface area contributed by atoms with Crippen LogP contribution < -0.4 is 5.32 Å². The zero-order valence-corrected chi connectivity index (χ0v) is 12.9. The highest BCUT2D eigenvalue weighted by Gasteiger charge is 2.52. The molecule has 0 saturated carbocycles. The first-order valence-electron chi connectivity index (χ1n) is 6.49. The third-order valence-electron chi connectivity index (χ3n) is 3.77. The number of nitrogens with zero attached hydrogens (tertiary/aromatic N) is 1. The smallest absolute Gasteiger partial charge is 0.322 e. The third kappa shape index (κ3) is 2.31. The minimum absolute atomic E-state index is 0.0681. The van der Waals surface area contributed by atoms with E-state index in [1.54, 1.807) is 23.5 Å². The standard InChI is InChI=1S/C14H16N2O2S2/c1-19-11-4-2-10(3-5-11)8-16-12(17)14(15-13(16)18)6-7-20-9-14/h2-5H,6-9H2,1H3,(H,15,18). The predicted octanol–water partition coefficient (Wildman–Crippen LogP) is 2.34. The summed E-state index contributed by atoms with van der Waals surface area (Å²) < 4.78 is 0. The molecule has 20 heavy (non-hydrogen) atoms. The van der Waals surface area contributed by atoms with Gasteiger partial charge in [-0.15, -0.1) is 11.8 Å². The average molecular weight is 308 g/mol. The molecule has 0 aromatic heterocycles. The maximum atomic E-state index is 12.5. The van der Waals surface area contributed by atoms with Crippen molar-refractivity contribution < 1.29 is 9.59 Å². The number of rotatable bonds is 3. The summed E-state index contributed by atoms with van der Waals surface area (Å²) in [6.45, 7) is 0.353. The number of hydrogen-bond donors (Lipinski definition) is 1. The van der Waals surface area contributed by atoms with E-state index in [0.29, 0.717) is 12.3 Å². The Morgan fingerprint density at radius 2 is 2.10 bits per heavy atom. The summed E-state index contributed by atoms with van der Waals surface area (Å²) in [5.41, 5.74) is 0.343. The van der Waals surface area contributed by atoms with Gasteiger partial charge in [-0.3, -0.25) is 9.69 Å². The summed E-state index contributed by atoms with van der Waals surface area (Å²) in [5, 5.41) is 2.88. The number of benzene rings is 1. The maximum Gasteiger partial charge on any atom is 0.325 e.